The van der Waals surface area contributed by atoms with Gasteiger partial charge in [-0.15, -0.1) is 0 Å². The molecule has 4 rings (SSSR count). The van der Waals surface area contributed by atoms with Gasteiger partial charge in [0.25, 0.3) is 0 Å². The average molecular weight is 509 g/mol. The second-order valence-electron chi connectivity index (χ2n) is 7.18. The van der Waals surface area contributed by atoms with Gasteiger partial charge in [-0.3, -0.25) is 9.78 Å². The first-order valence-corrected chi connectivity index (χ1v) is 9.88. The molecule has 3 aromatic heterocycles. The van der Waals surface area contributed by atoms with Crippen LogP contribution < -0.4 is 10.00 Å². The van der Waals surface area contributed by atoms with Gasteiger partial charge in [0.05, 0.1) is 5.56 Å². The van der Waals surface area contributed by atoms with E-state index in [2.05, 4.69) is 30.9 Å². The molecular formula is C21H13F6N7O2. The quantitative estimate of drug-likeness (QED) is 0.295. The number of pyridine rings is 1. The predicted octanol–water partition coefficient (Wildman–Crippen LogP) is 5.14. The van der Waals surface area contributed by atoms with Crippen molar-refractivity contribution in [2.45, 2.75) is 18.9 Å². The molecule has 1 N–H and O–H groups in total. The molecule has 0 unspecified atom stereocenters. The molecule has 0 fully saturated rings. The van der Waals surface area contributed by atoms with Crippen LogP contribution in [0.5, 0.6) is 0 Å². The van der Waals surface area contributed by atoms with Crippen LogP contribution >= 0.6 is 0 Å². The van der Waals surface area contributed by atoms with Crippen molar-refractivity contribution >= 4 is 17.6 Å². The predicted molar refractivity (Wildman–Crippen MR) is 110 cm³/mol. The lowest BCUT2D eigenvalue weighted by Crippen LogP contribution is -2.35. The number of aromatic nitrogens is 5. The first kappa shape index (κ1) is 24.6. The first-order chi connectivity index (χ1) is 17.0. The summed E-state index contributed by atoms with van der Waals surface area (Å²) in [5.74, 6) is -0.243. The van der Waals surface area contributed by atoms with Crippen molar-refractivity contribution in [2.75, 3.05) is 5.32 Å². The summed E-state index contributed by atoms with van der Waals surface area (Å²) in [7, 11) is 0. The van der Waals surface area contributed by atoms with E-state index in [1.807, 2.05) is 0 Å². The molecule has 0 saturated heterocycles. The summed E-state index contributed by atoms with van der Waals surface area (Å²) in [4.78, 5) is 23.1. The van der Waals surface area contributed by atoms with Crippen LogP contribution in [0.2, 0.25) is 0 Å². The summed E-state index contributed by atoms with van der Waals surface area (Å²) in [6.45, 7) is 0.0198. The van der Waals surface area contributed by atoms with Crippen LogP contribution in [0.3, 0.4) is 0 Å². The number of hydrogen-bond donors (Lipinski definition) is 1. The monoisotopic (exact) mass is 509 g/mol. The van der Waals surface area contributed by atoms with Gasteiger partial charge >= 0.3 is 12.4 Å². The Morgan fingerprint density at radius 2 is 1.83 bits per heavy atom. The van der Waals surface area contributed by atoms with Crippen LogP contribution in [-0.2, 0) is 18.9 Å². The Kier molecular flexibility index (Phi) is 6.55. The molecule has 0 spiro atoms. The molecule has 0 aliphatic rings. The van der Waals surface area contributed by atoms with Gasteiger partial charge in [0.2, 0.25) is 18.6 Å². The normalized spacial score (nSPS) is 11.8. The number of benzene rings is 1. The molecule has 186 valence electrons. The van der Waals surface area contributed by atoms with Crippen LogP contribution in [0.25, 0.3) is 16.4 Å². The SMILES string of the molecule is O=C([N-]c1c[n+](Cc2ccc(-c3cncnc3C(F)(F)F)cn2)no1)Nc1cccc(C(F)(F)F)c1. The summed E-state index contributed by atoms with van der Waals surface area (Å²) in [5.41, 5.74) is -1.83. The number of nitrogens with one attached hydrogen (secondary N) is 1. The molecule has 0 aliphatic carbocycles. The van der Waals surface area contributed by atoms with Gasteiger partial charge in [-0.25, -0.2) is 9.97 Å². The van der Waals surface area contributed by atoms with E-state index in [4.69, 9.17) is 4.52 Å². The third kappa shape index (κ3) is 5.92. The minimum absolute atomic E-state index is 0.0198. The highest BCUT2D eigenvalue weighted by Gasteiger charge is 2.36. The second kappa shape index (κ2) is 9.59. The number of rotatable bonds is 5. The number of carbonyl (C=O) groups is 1. The molecule has 0 aliphatic heterocycles. The van der Waals surface area contributed by atoms with Crippen LogP contribution in [0, 0.1) is 0 Å². The van der Waals surface area contributed by atoms with E-state index >= 15 is 0 Å². The van der Waals surface area contributed by atoms with E-state index in [-0.39, 0.29) is 29.2 Å². The molecular weight excluding hydrogens is 496 g/mol. The number of halogens is 6. The van der Waals surface area contributed by atoms with E-state index in [0.717, 1.165) is 30.7 Å². The van der Waals surface area contributed by atoms with E-state index < -0.39 is 29.6 Å². The highest BCUT2D eigenvalue weighted by atomic mass is 19.4. The number of urea groups is 1. The topological polar surface area (TPSA) is 112 Å². The van der Waals surface area contributed by atoms with E-state index in [1.54, 1.807) is 0 Å². The summed E-state index contributed by atoms with van der Waals surface area (Å²) in [6.07, 6.45) is -4.95. The Hall–Kier alpha value is -4.56. The van der Waals surface area contributed by atoms with E-state index in [0.29, 0.717) is 5.69 Å². The van der Waals surface area contributed by atoms with Gasteiger partial charge in [-0.1, -0.05) is 24.3 Å². The molecule has 36 heavy (non-hydrogen) atoms. The molecule has 0 atom stereocenters. The minimum Gasteiger partial charge on any atom is -0.424 e. The fraction of sp³-hybridized carbons (Fsp3) is 0.143. The largest absolute Gasteiger partial charge is 0.434 e. The zero-order valence-corrected chi connectivity index (χ0v) is 17.7. The highest BCUT2D eigenvalue weighted by Crippen LogP contribution is 2.34. The number of nitrogens with zero attached hydrogens (tertiary/aromatic N) is 6. The van der Waals surface area contributed by atoms with E-state index in [9.17, 15) is 31.1 Å². The summed E-state index contributed by atoms with van der Waals surface area (Å²) in [6, 6.07) is 5.88. The Labute approximate surface area is 197 Å². The molecule has 3 heterocycles. The van der Waals surface area contributed by atoms with Gasteiger partial charge in [0.15, 0.2) is 17.0 Å². The molecule has 4 aromatic rings. The first-order valence-electron chi connectivity index (χ1n) is 9.88. The zero-order chi connectivity index (χ0) is 25.9. The fourth-order valence-electron chi connectivity index (χ4n) is 3.03. The number of alkyl halides is 6. The van der Waals surface area contributed by atoms with Crippen molar-refractivity contribution in [2.24, 2.45) is 0 Å². The Balaban J connectivity index is 1.39. The van der Waals surface area contributed by atoms with Crippen LogP contribution in [0.4, 0.5) is 42.7 Å². The van der Waals surface area contributed by atoms with Gasteiger partial charge < -0.3 is 15.2 Å². The lowest BCUT2D eigenvalue weighted by Gasteiger charge is -2.15. The molecule has 2 amide bonds. The molecule has 9 nitrogen and oxygen atoms in total. The average Bonchev–Trinajstić information content (AvgIpc) is 3.25. The third-order valence-electron chi connectivity index (χ3n) is 4.59. The molecule has 0 radical (unpaired) electrons. The Morgan fingerprint density at radius 3 is 2.53 bits per heavy atom. The van der Waals surface area contributed by atoms with Crippen molar-refractivity contribution in [1.29, 1.82) is 0 Å². The van der Waals surface area contributed by atoms with E-state index in [1.165, 1.54) is 35.3 Å². The lowest BCUT2D eigenvalue weighted by atomic mass is 10.1. The minimum atomic E-state index is -4.67. The Bertz CT molecular complexity index is 1370. The fourth-order valence-corrected chi connectivity index (χ4v) is 3.03. The molecule has 0 saturated carbocycles. The van der Waals surface area contributed by atoms with Crippen molar-refractivity contribution in [3.05, 3.63) is 83.6 Å². The highest BCUT2D eigenvalue weighted by molar-refractivity contribution is 6.03. The second-order valence-corrected chi connectivity index (χ2v) is 7.18. The maximum absolute atomic E-state index is 13.2. The Morgan fingerprint density at radius 1 is 1.03 bits per heavy atom. The smallest absolute Gasteiger partial charge is 0.424 e. The van der Waals surface area contributed by atoms with Crippen LogP contribution in [0.15, 0.2) is 65.8 Å². The number of carbonyl (C=O) groups excluding carboxylic acids is 1. The summed E-state index contributed by atoms with van der Waals surface area (Å²) in [5, 5.41) is 9.42. The molecule has 0 bridgehead atoms. The van der Waals surface area contributed by atoms with Gasteiger partial charge in [-0.2, -0.15) is 26.3 Å². The van der Waals surface area contributed by atoms with Crippen LogP contribution in [-0.4, -0.2) is 26.3 Å². The van der Waals surface area contributed by atoms with Crippen LogP contribution in [0.1, 0.15) is 17.0 Å². The summed E-state index contributed by atoms with van der Waals surface area (Å²) < 4.78 is 84.0. The molecule has 1 aromatic carbocycles. The number of hydrogen-bond acceptors (Lipinski definition) is 6. The van der Waals surface area contributed by atoms with Gasteiger partial charge in [-0.05, 0) is 22.5 Å². The zero-order valence-electron chi connectivity index (χ0n) is 17.7. The van der Waals surface area contributed by atoms with Crippen molar-refractivity contribution in [3.63, 3.8) is 0 Å². The van der Waals surface area contributed by atoms with Crippen molar-refractivity contribution in [1.82, 2.24) is 20.2 Å². The maximum atomic E-state index is 13.2. The lowest BCUT2D eigenvalue weighted by molar-refractivity contribution is -0.755. The standard InChI is InChI=1S/C21H13F6N7O2/c22-20(23,24)13-2-1-3-14(6-13)31-19(35)32-17-10-34(33-36-17)9-15-5-4-12(7-29-15)16-8-28-11-30-18(16)21(25,26)27/h1-8,10-11H,9H2,(H-,31,32,33,35). The molecule has 15 heteroatoms. The van der Waals surface area contributed by atoms with Gasteiger partial charge in [0, 0.05) is 23.5 Å². The number of anilines is 1. The number of amides is 2. The third-order valence-corrected chi connectivity index (χ3v) is 4.59. The summed E-state index contributed by atoms with van der Waals surface area (Å²) >= 11 is 0. The van der Waals surface area contributed by atoms with Crippen molar-refractivity contribution < 1.29 is 40.3 Å². The van der Waals surface area contributed by atoms with Gasteiger partial charge in [0.1, 0.15) is 12.0 Å². The van der Waals surface area contributed by atoms with Crippen molar-refractivity contribution in [3.8, 4) is 11.1 Å². The maximum Gasteiger partial charge on any atom is 0.434 e.